The second kappa shape index (κ2) is 3.06. The molecule has 4 nitrogen and oxygen atoms in total. The van der Waals surface area contributed by atoms with E-state index in [1.165, 1.54) is 10.9 Å². The molecule has 0 aliphatic rings. The van der Waals surface area contributed by atoms with E-state index in [0.29, 0.717) is 5.02 Å². The van der Waals surface area contributed by atoms with E-state index < -0.39 is 0 Å². The molecule has 2 rings (SSSR count). The number of rotatable bonds is 1. The summed E-state index contributed by atoms with van der Waals surface area (Å²) in [6.07, 6.45) is 1.46. The van der Waals surface area contributed by atoms with Gasteiger partial charge in [0.2, 0.25) is 11.9 Å². The molecule has 0 aliphatic heterocycles. The maximum Gasteiger partial charge on any atom is 0.265 e. The van der Waals surface area contributed by atoms with Crippen molar-refractivity contribution < 1.29 is 9.20 Å². The minimum absolute atomic E-state index is 0.0139. The summed E-state index contributed by atoms with van der Waals surface area (Å²) in [5.41, 5.74) is 0.787. The third-order valence-corrected chi connectivity index (χ3v) is 1.77. The van der Waals surface area contributed by atoms with Crippen LogP contribution in [-0.4, -0.2) is 0 Å². The molecule has 0 spiro atoms. The van der Waals surface area contributed by atoms with Crippen LogP contribution in [0.15, 0.2) is 35.0 Å². The SMILES string of the molecule is N=c1c[n+](-c2cccc(Cl)c2)[n-]o1. The van der Waals surface area contributed by atoms with E-state index >= 15 is 0 Å². The van der Waals surface area contributed by atoms with Gasteiger partial charge in [-0.2, -0.15) is 0 Å². The van der Waals surface area contributed by atoms with Crippen LogP contribution in [0.5, 0.6) is 0 Å². The molecular weight excluding hydrogens is 190 g/mol. The summed E-state index contributed by atoms with van der Waals surface area (Å²) < 4.78 is 6.05. The van der Waals surface area contributed by atoms with Crippen molar-refractivity contribution in [3.05, 3.63) is 41.0 Å². The van der Waals surface area contributed by atoms with Crippen LogP contribution in [0.4, 0.5) is 0 Å². The number of benzene rings is 1. The Kier molecular flexibility index (Phi) is 1.90. The standard InChI is InChI=1S/C8H6ClN3O/c9-6-2-1-3-7(4-6)12-5-8(10)13-11-12/h1-5,10H. The van der Waals surface area contributed by atoms with Gasteiger partial charge in [0.05, 0.1) is 0 Å². The number of nitrogens with one attached hydrogen (secondary N) is 1. The van der Waals surface area contributed by atoms with Gasteiger partial charge >= 0.3 is 0 Å². The van der Waals surface area contributed by atoms with Crippen molar-refractivity contribution >= 4 is 11.6 Å². The molecule has 1 N–H and O–H groups in total. The molecule has 0 aliphatic carbocycles. The van der Waals surface area contributed by atoms with Crippen LogP contribution in [-0.2, 0) is 0 Å². The maximum absolute atomic E-state index is 7.14. The first-order valence-corrected chi connectivity index (χ1v) is 4.00. The second-order valence-electron chi connectivity index (χ2n) is 2.49. The lowest BCUT2D eigenvalue weighted by atomic mass is 10.3. The van der Waals surface area contributed by atoms with Gasteiger partial charge in [-0.15, -0.1) is 0 Å². The lowest BCUT2D eigenvalue weighted by Gasteiger charge is -1.95. The summed E-state index contributed by atoms with van der Waals surface area (Å²) in [5, 5.41) is 11.4. The lowest BCUT2D eigenvalue weighted by Crippen LogP contribution is -2.33. The molecule has 1 heterocycles. The monoisotopic (exact) mass is 195 g/mol. The fourth-order valence-corrected chi connectivity index (χ4v) is 1.17. The van der Waals surface area contributed by atoms with E-state index in [1.807, 2.05) is 12.1 Å². The zero-order valence-corrected chi connectivity index (χ0v) is 7.32. The molecule has 0 saturated heterocycles. The summed E-state index contributed by atoms with van der Waals surface area (Å²) in [4.78, 5) is 0. The first-order chi connectivity index (χ1) is 6.25. The predicted molar refractivity (Wildman–Crippen MR) is 44.4 cm³/mol. The Morgan fingerprint density at radius 1 is 1.46 bits per heavy atom. The quantitative estimate of drug-likeness (QED) is 0.680. The van der Waals surface area contributed by atoms with Gasteiger partial charge in [0.1, 0.15) is 0 Å². The van der Waals surface area contributed by atoms with Crippen molar-refractivity contribution in [3.8, 4) is 5.69 Å². The van der Waals surface area contributed by atoms with Gasteiger partial charge in [-0.3, -0.25) is 10.7 Å². The first kappa shape index (κ1) is 8.07. The summed E-state index contributed by atoms with van der Waals surface area (Å²) >= 11 is 5.78. The van der Waals surface area contributed by atoms with Gasteiger partial charge in [0, 0.05) is 17.2 Å². The van der Waals surface area contributed by atoms with Crippen molar-refractivity contribution in [1.82, 2.24) is 5.27 Å². The number of nitrogens with zero attached hydrogens (tertiary/aromatic N) is 2. The van der Waals surface area contributed by atoms with Crippen LogP contribution in [0.2, 0.25) is 5.02 Å². The fourth-order valence-electron chi connectivity index (χ4n) is 0.986. The van der Waals surface area contributed by atoms with E-state index in [-0.39, 0.29) is 5.55 Å². The average molecular weight is 196 g/mol. The van der Waals surface area contributed by atoms with Crippen LogP contribution in [0.25, 0.3) is 5.69 Å². The largest absolute Gasteiger partial charge is 0.487 e. The van der Waals surface area contributed by atoms with Gasteiger partial charge in [0.25, 0.3) is 5.55 Å². The van der Waals surface area contributed by atoms with Crippen molar-refractivity contribution in [1.29, 1.82) is 5.41 Å². The van der Waals surface area contributed by atoms with Gasteiger partial charge in [0.15, 0.2) is 0 Å². The Morgan fingerprint density at radius 3 is 2.92 bits per heavy atom. The number of hydrogen-bond acceptors (Lipinski definition) is 2. The number of aromatic nitrogens is 2. The molecule has 1 aromatic carbocycles. The smallest absolute Gasteiger partial charge is 0.265 e. The summed E-state index contributed by atoms with van der Waals surface area (Å²) in [6.45, 7) is 0. The zero-order chi connectivity index (χ0) is 9.26. The highest BCUT2D eigenvalue weighted by molar-refractivity contribution is 6.30. The minimum atomic E-state index is 0.0139. The normalized spacial score (nSPS) is 10.2. The zero-order valence-electron chi connectivity index (χ0n) is 6.57. The Bertz CT molecular complexity index is 474. The molecule has 0 unspecified atom stereocenters. The van der Waals surface area contributed by atoms with Crippen molar-refractivity contribution in [2.24, 2.45) is 0 Å². The summed E-state index contributed by atoms with van der Waals surface area (Å²) in [5.74, 6) is 0. The van der Waals surface area contributed by atoms with Gasteiger partial charge in [-0.25, -0.2) is 4.68 Å². The molecule has 5 heteroatoms. The van der Waals surface area contributed by atoms with E-state index in [9.17, 15) is 0 Å². The lowest BCUT2D eigenvalue weighted by molar-refractivity contribution is -0.676. The Hall–Kier alpha value is -1.55. The fraction of sp³-hybridized carbons (Fsp3) is 0. The number of halogens is 1. The molecule has 0 amide bonds. The van der Waals surface area contributed by atoms with E-state index in [4.69, 9.17) is 17.0 Å². The van der Waals surface area contributed by atoms with Gasteiger partial charge < -0.3 is 4.52 Å². The van der Waals surface area contributed by atoms with Crippen LogP contribution in [0, 0.1) is 5.41 Å². The highest BCUT2D eigenvalue weighted by Crippen LogP contribution is 2.09. The number of hydrogen-bond donors (Lipinski definition) is 1. The topological polar surface area (TPSA) is 55.0 Å². The van der Waals surface area contributed by atoms with Crippen LogP contribution < -0.4 is 15.5 Å². The van der Waals surface area contributed by atoms with E-state index in [2.05, 4.69) is 9.79 Å². The van der Waals surface area contributed by atoms with Crippen LogP contribution in [0.1, 0.15) is 0 Å². The van der Waals surface area contributed by atoms with Crippen molar-refractivity contribution in [3.63, 3.8) is 0 Å². The Labute approximate surface area is 78.8 Å². The molecule has 66 valence electrons. The molecule has 2 aromatic rings. The molecule has 0 atom stereocenters. The average Bonchev–Trinajstić information content (AvgIpc) is 2.52. The van der Waals surface area contributed by atoms with Crippen LogP contribution in [0.3, 0.4) is 0 Å². The van der Waals surface area contributed by atoms with Crippen molar-refractivity contribution in [2.75, 3.05) is 0 Å². The first-order valence-electron chi connectivity index (χ1n) is 3.62. The molecule has 1 aromatic heterocycles. The Balaban J connectivity index is 2.52. The van der Waals surface area contributed by atoms with Gasteiger partial charge in [-0.1, -0.05) is 17.7 Å². The minimum Gasteiger partial charge on any atom is -0.487 e. The Morgan fingerprint density at radius 2 is 2.31 bits per heavy atom. The highest BCUT2D eigenvalue weighted by Gasteiger charge is 2.01. The molecule has 0 fully saturated rings. The molecule has 13 heavy (non-hydrogen) atoms. The van der Waals surface area contributed by atoms with Crippen molar-refractivity contribution in [2.45, 2.75) is 0 Å². The van der Waals surface area contributed by atoms with E-state index in [0.717, 1.165) is 5.69 Å². The summed E-state index contributed by atoms with van der Waals surface area (Å²) in [7, 11) is 0. The van der Waals surface area contributed by atoms with E-state index in [1.54, 1.807) is 12.1 Å². The third-order valence-electron chi connectivity index (χ3n) is 1.54. The molecule has 0 bridgehead atoms. The molecular formula is C8H6ClN3O. The third kappa shape index (κ3) is 1.62. The highest BCUT2D eigenvalue weighted by atomic mass is 35.5. The van der Waals surface area contributed by atoms with Gasteiger partial charge in [-0.05, 0) is 6.07 Å². The second-order valence-corrected chi connectivity index (χ2v) is 2.93. The summed E-state index contributed by atoms with van der Waals surface area (Å²) in [6, 6.07) is 7.15. The van der Waals surface area contributed by atoms with Crippen LogP contribution >= 0.6 is 11.6 Å². The molecule has 0 saturated carbocycles. The predicted octanol–water partition coefficient (Wildman–Crippen LogP) is 0.646. The maximum atomic E-state index is 7.14. The molecule has 0 radical (unpaired) electrons.